The van der Waals surface area contributed by atoms with E-state index in [4.69, 9.17) is 9.47 Å². The van der Waals surface area contributed by atoms with Crippen LogP contribution in [0.15, 0.2) is 0 Å². The van der Waals surface area contributed by atoms with Gasteiger partial charge in [-0.2, -0.15) is 0 Å². The van der Waals surface area contributed by atoms with Crippen molar-refractivity contribution in [3.63, 3.8) is 0 Å². The predicted molar refractivity (Wildman–Crippen MR) is 87.8 cm³/mol. The van der Waals surface area contributed by atoms with Gasteiger partial charge in [-0.25, -0.2) is 0 Å². The highest BCUT2D eigenvalue weighted by molar-refractivity contribution is 5.76. The molecule has 1 aliphatic heterocycles. The number of nitrogens with zero attached hydrogens (tertiary/aromatic N) is 1. The molecule has 0 radical (unpaired) electrons. The summed E-state index contributed by atoms with van der Waals surface area (Å²) in [6.45, 7) is 3.99. The molecule has 0 aromatic carbocycles. The van der Waals surface area contributed by atoms with Crippen molar-refractivity contribution in [1.82, 2.24) is 4.90 Å². The Bertz CT molecular complexity index is 307. The molecule has 1 saturated heterocycles. The predicted octanol–water partition coefficient (Wildman–Crippen LogP) is 3.25. The monoisotopic (exact) mass is 311 g/mol. The molecule has 0 spiro atoms. The summed E-state index contributed by atoms with van der Waals surface area (Å²) in [4.78, 5) is 14.4. The fourth-order valence-electron chi connectivity index (χ4n) is 3.70. The molecule has 2 fully saturated rings. The molecule has 0 aromatic rings. The largest absolute Gasteiger partial charge is 0.382 e. The van der Waals surface area contributed by atoms with Crippen molar-refractivity contribution in [2.24, 2.45) is 11.8 Å². The van der Waals surface area contributed by atoms with Gasteiger partial charge in [0.05, 0.1) is 13.2 Å². The minimum Gasteiger partial charge on any atom is -0.382 e. The number of likely N-dealkylation sites (tertiary alicyclic amines) is 1. The number of ether oxygens (including phenoxy) is 2. The molecule has 1 amide bonds. The standard InChI is InChI=1S/C18H33NO3/c1-21-13-14-22-15-17-9-11-19(12-10-17)18(20)8-7-16-5-3-2-4-6-16/h16-17H,2-15H2,1H3. The zero-order valence-corrected chi connectivity index (χ0v) is 14.2. The summed E-state index contributed by atoms with van der Waals surface area (Å²) in [6.07, 6.45) is 10.9. The summed E-state index contributed by atoms with van der Waals surface area (Å²) in [5, 5.41) is 0. The zero-order chi connectivity index (χ0) is 15.6. The van der Waals surface area contributed by atoms with Crippen molar-refractivity contribution in [2.45, 2.75) is 57.8 Å². The molecule has 1 heterocycles. The summed E-state index contributed by atoms with van der Waals surface area (Å²) < 4.78 is 10.6. The summed E-state index contributed by atoms with van der Waals surface area (Å²) in [7, 11) is 1.70. The lowest BCUT2D eigenvalue weighted by Gasteiger charge is -2.32. The van der Waals surface area contributed by atoms with Crippen LogP contribution in [-0.4, -0.2) is 50.8 Å². The van der Waals surface area contributed by atoms with E-state index in [9.17, 15) is 4.79 Å². The maximum atomic E-state index is 12.3. The van der Waals surface area contributed by atoms with Gasteiger partial charge in [-0.3, -0.25) is 4.79 Å². The zero-order valence-electron chi connectivity index (χ0n) is 14.2. The molecule has 1 saturated carbocycles. The molecule has 4 heteroatoms. The average molecular weight is 311 g/mol. The Morgan fingerprint density at radius 1 is 1.00 bits per heavy atom. The Morgan fingerprint density at radius 2 is 1.73 bits per heavy atom. The fourth-order valence-corrected chi connectivity index (χ4v) is 3.70. The minimum absolute atomic E-state index is 0.379. The second-order valence-corrected chi connectivity index (χ2v) is 6.93. The molecule has 2 rings (SSSR count). The molecule has 0 N–H and O–H groups in total. The van der Waals surface area contributed by atoms with Crippen LogP contribution < -0.4 is 0 Å². The van der Waals surface area contributed by atoms with Crippen LogP contribution in [0.4, 0.5) is 0 Å². The van der Waals surface area contributed by atoms with Crippen LogP contribution >= 0.6 is 0 Å². The lowest BCUT2D eigenvalue weighted by molar-refractivity contribution is -0.133. The van der Waals surface area contributed by atoms with E-state index >= 15 is 0 Å². The van der Waals surface area contributed by atoms with Crippen LogP contribution in [-0.2, 0) is 14.3 Å². The quantitative estimate of drug-likeness (QED) is 0.646. The molecule has 0 atom stereocenters. The number of carbonyl (C=O) groups excluding carboxylic acids is 1. The third kappa shape index (κ3) is 6.25. The van der Waals surface area contributed by atoms with Crippen LogP contribution in [0.25, 0.3) is 0 Å². The van der Waals surface area contributed by atoms with Gasteiger partial charge < -0.3 is 14.4 Å². The van der Waals surface area contributed by atoms with E-state index in [-0.39, 0.29) is 0 Å². The van der Waals surface area contributed by atoms with Gasteiger partial charge in [-0.15, -0.1) is 0 Å². The summed E-state index contributed by atoms with van der Waals surface area (Å²) in [5.74, 6) is 1.80. The number of hydrogen-bond donors (Lipinski definition) is 0. The van der Waals surface area contributed by atoms with E-state index in [2.05, 4.69) is 4.90 Å². The van der Waals surface area contributed by atoms with Crippen molar-refractivity contribution < 1.29 is 14.3 Å². The molecule has 1 aliphatic carbocycles. The molecule has 0 unspecified atom stereocenters. The number of amides is 1. The summed E-state index contributed by atoms with van der Waals surface area (Å²) in [5.41, 5.74) is 0. The molecule has 0 aromatic heterocycles. The highest BCUT2D eigenvalue weighted by Crippen LogP contribution is 2.28. The smallest absolute Gasteiger partial charge is 0.222 e. The molecule has 2 aliphatic rings. The van der Waals surface area contributed by atoms with E-state index in [1.165, 1.54) is 32.1 Å². The lowest BCUT2D eigenvalue weighted by Crippen LogP contribution is -2.39. The SMILES string of the molecule is COCCOCC1CCN(C(=O)CCC2CCCCC2)CC1. The number of carbonyl (C=O) groups is 1. The number of hydrogen-bond acceptors (Lipinski definition) is 3. The van der Waals surface area contributed by atoms with Crippen molar-refractivity contribution in [1.29, 1.82) is 0 Å². The Balaban J connectivity index is 1.56. The normalized spacial score (nSPS) is 21.2. The Morgan fingerprint density at radius 3 is 2.41 bits per heavy atom. The van der Waals surface area contributed by atoms with E-state index in [1.54, 1.807) is 7.11 Å². The van der Waals surface area contributed by atoms with Gasteiger partial charge in [0.2, 0.25) is 5.91 Å². The van der Waals surface area contributed by atoms with Gasteiger partial charge in [-0.1, -0.05) is 32.1 Å². The average Bonchev–Trinajstić information content (AvgIpc) is 2.58. The number of rotatable bonds is 8. The first-order valence-electron chi connectivity index (χ1n) is 9.14. The molecular formula is C18H33NO3. The van der Waals surface area contributed by atoms with Crippen LogP contribution in [0.3, 0.4) is 0 Å². The highest BCUT2D eigenvalue weighted by atomic mass is 16.5. The van der Waals surface area contributed by atoms with Gasteiger partial charge in [0.1, 0.15) is 0 Å². The fraction of sp³-hybridized carbons (Fsp3) is 0.944. The molecular weight excluding hydrogens is 278 g/mol. The van der Waals surface area contributed by atoms with Gasteiger partial charge in [0.15, 0.2) is 0 Å². The summed E-state index contributed by atoms with van der Waals surface area (Å²) in [6, 6.07) is 0. The van der Waals surface area contributed by atoms with E-state index in [0.717, 1.165) is 51.3 Å². The minimum atomic E-state index is 0.379. The van der Waals surface area contributed by atoms with E-state index in [1.807, 2.05) is 0 Å². The molecule has 22 heavy (non-hydrogen) atoms. The second-order valence-electron chi connectivity index (χ2n) is 6.93. The number of piperidine rings is 1. The van der Waals surface area contributed by atoms with Crippen molar-refractivity contribution in [3.05, 3.63) is 0 Å². The maximum Gasteiger partial charge on any atom is 0.222 e. The van der Waals surface area contributed by atoms with Crippen molar-refractivity contribution in [3.8, 4) is 0 Å². The topological polar surface area (TPSA) is 38.8 Å². The van der Waals surface area contributed by atoms with E-state index in [0.29, 0.717) is 25.0 Å². The van der Waals surface area contributed by atoms with E-state index < -0.39 is 0 Å². The van der Waals surface area contributed by atoms with Crippen LogP contribution in [0.1, 0.15) is 57.8 Å². The third-order valence-electron chi connectivity index (χ3n) is 5.24. The maximum absolute atomic E-state index is 12.3. The third-order valence-corrected chi connectivity index (χ3v) is 5.24. The van der Waals surface area contributed by atoms with Gasteiger partial charge in [0.25, 0.3) is 0 Å². The second kappa shape index (κ2) is 10.2. The molecule has 4 nitrogen and oxygen atoms in total. The Kier molecular flexibility index (Phi) is 8.24. The lowest BCUT2D eigenvalue weighted by atomic mass is 9.86. The first-order valence-corrected chi connectivity index (χ1v) is 9.14. The van der Waals surface area contributed by atoms with Gasteiger partial charge in [-0.05, 0) is 31.1 Å². The first-order chi connectivity index (χ1) is 10.8. The van der Waals surface area contributed by atoms with Crippen molar-refractivity contribution >= 4 is 5.91 Å². The van der Waals surface area contributed by atoms with Gasteiger partial charge in [0, 0.05) is 33.2 Å². The van der Waals surface area contributed by atoms with Gasteiger partial charge >= 0.3 is 0 Å². The molecule has 128 valence electrons. The van der Waals surface area contributed by atoms with Crippen LogP contribution in [0.2, 0.25) is 0 Å². The molecule has 0 bridgehead atoms. The Labute approximate surface area is 135 Å². The number of methoxy groups -OCH3 is 1. The summed E-state index contributed by atoms with van der Waals surface area (Å²) >= 11 is 0. The highest BCUT2D eigenvalue weighted by Gasteiger charge is 2.23. The van der Waals surface area contributed by atoms with Crippen LogP contribution in [0.5, 0.6) is 0 Å². The first kappa shape index (κ1) is 17.7. The van der Waals surface area contributed by atoms with Crippen molar-refractivity contribution in [2.75, 3.05) is 40.0 Å². The Hall–Kier alpha value is -0.610. The van der Waals surface area contributed by atoms with Crippen LogP contribution in [0, 0.1) is 11.8 Å².